The van der Waals surface area contributed by atoms with E-state index in [1.807, 2.05) is 0 Å². The van der Waals surface area contributed by atoms with E-state index in [1.165, 1.54) is 13.2 Å². The molecule has 0 aliphatic carbocycles. The molecule has 1 aromatic heterocycles. The molecule has 7 heteroatoms. The predicted octanol–water partition coefficient (Wildman–Crippen LogP) is 3.91. The van der Waals surface area contributed by atoms with Crippen molar-refractivity contribution in [1.29, 1.82) is 0 Å². The molecule has 0 N–H and O–H groups in total. The molecule has 0 fully saturated rings. The molecule has 0 bridgehead atoms. The van der Waals surface area contributed by atoms with Crippen LogP contribution >= 0.6 is 11.6 Å². The van der Waals surface area contributed by atoms with Gasteiger partial charge in [-0.3, -0.25) is 4.79 Å². The maximum absolute atomic E-state index is 12.3. The Balaban J connectivity index is 2.30. The lowest BCUT2D eigenvalue weighted by Gasteiger charge is -2.19. The number of rotatable bonds is 3. The van der Waals surface area contributed by atoms with Crippen LogP contribution in [-0.4, -0.2) is 35.6 Å². The van der Waals surface area contributed by atoms with Gasteiger partial charge in [0.05, 0.1) is 12.0 Å². The third-order valence-electron chi connectivity index (χ3n) is 3.05. The number of fused-ring (bicyclic) bond motifs is 1. The summed E-state index contributed by atoms with van der Waals surface area (Å²) in [5, 5.41) is 1.41. The van der Waals surface area contributed by atoms with Crippen LogP contribution in [0, 0.1) is 0 Å². The lowest BCUT2D eigenvalue weighted by Crippen LogP contribution is -2.30. The number of pyridine rings is 1. The van der Waals surface area contributed by atoms with Crippen LogP contribution < -0.4 is 0 Å². The molecule has 1 amide bonds. The molecular formula is C14H12ClF3N2O. The second-order valence-corrected chi connectivity index (χ2v) is 4.96. The summed E-state index contributed by atoms with van der Waals surface area (Å²) in [5.74, 6) is -0.514. The molecule has 0 atom stereocenters. The van der Waals surface area contributed by atoms with Crippen LogP contribution in [-0.2, 0) is 0 Å². The maximum atomic E-state index is 12.3. The Morgan fingerprint density at radius 1 is 1.29 bits per heavy atom. The summed E-state index contributed by atoms with van der Waals surface area (Å²) in [7, 11) is 1.33. The second-order valence-electron chi connectivity index (χ2n) is 4.60. The number of hydrogen-bond donors (Lipinski definition) is 0. The highest BCUT2D eigenvalue weighted by Gasteiger charge is 2.28. The average Bonchev–Trinajstić information content (AvgIpc) is 2.44. The van der Waals surface area contributed by atoms with Gasteiger partial charge in [-0.25, -0.2) is 4.98 Å². The summed E-state index contributed by atoms with van der Waals surface area (Å²) in [6, 6.07) is 6.87. The molecule has 0 spiro atoms. The third kappa shape index (κ3) is 3.64. The molecule has 3 nitrogen and oxygen atoms in total. The van der Waals surface area contributed by atoms with E-state index in [-0.39, 0.29) is 10.7 Å². The number of halogens is 4. The standard InChI is InChI=1S/C14H12ClF3N2O/c1-20(7-6-14(16,17)18)13(21)11-8-19-12(15)10-5-3-2-4-9(10)11/h2-5,8H,6-7H2,1H3. The quantitative estimate of drug-likeness (QED) is 0.804. The van der Waals surface area contributed by atoms with Crippen molar-refractivity contribution in [3.05, 3.63) is 41.2 Å². The topological polar surface area (TPSA) is 33.2 Å². The van der Waals surface area contributed by atoms with E-state index < -0.39 is 25.0 Å². The molecule has 0 radical (unpaired) electrons. The Kier molecular flexibility index (Phi) is 4.37. The largest absolute Gasteiger partial charge is 0.390 e. The number of aromatic nitrogens is 1. The molecule has 0 saturated carbocycles. The number of alkyl halides is 3. The van der Waals surface area contributed by atoms with E-state index in [0.717, 1.165) is 4.90 Å². The van der Waals surface area contributed by atoms with Crippen molar-refractivity contribution in [2.75, 3.05) is 13.6 Å². The van der Waals surface area contributed by atoms with Gasteiger partial charge in [0.15, 0.2) is 0 Å². The molecule has 2 aromatic rings. The maximum Gasteiger partial charge on any atom is 0.390 e. The van der Waals surface area contributed by atoms with Crippen LogP contribution in [0.25, 0.3) is 10.8 Å². The Morgan fingerprint density at radius 2 is 1.90 bits per heavy atom. The molecule has 0 unspecified atom stereocenters. The van der Waals surface area contributed by atoms with E-state index in [0.29, 0.717) is 10.8 Å². The highest BCUT2D eigenvalue weighted by Crippen LogP contribution is 2.25. The smallest absolute Gasteiger partial charge is 0.341 e. The first-order valence-corrected chi connectivity index (χ1v) is 6.53. The Hall–Kier alpha value is -1.82. The van der Waals surface area contributed by atoms with Gasteiger partial charge in [-0.2, -0.15) is 13.2 Å². The van der Waals surface area contributed by atoms with Gasteiger partial charge in [0.25, 0.3) is 5.91 Å². The van der Waals surface area contributed by atoms with E-state index in [2.05, 4.69) is 4.98 Å². The first-order chi connectivity index (χ1) is 9.79. The van der Waals surface area contributed by atoms with Crippen molar-refractivity contribution < 1.29 is 18.0 Å². The zero-order chi connectivity index (χ0) is 15.6. The highest BCUT2D eigenvalue weighted by atomic mass is 35.5. The molecular weight excluding hydrogens is 305 g/mol. The number of hydrogen-bond acceptors (Lipinski definition) is 2. The zero-order valence-electron chi connectivity index (χ0n) is 11.1. The minimum atomic E-state index is -4.30. The SMILES string of the molecule is CN(CCC(F)(F)F)C(=O)c1cnc(Cl)c2ccccc12. The highest BCUT2D eigenvalue weighted by molar-refractivity contribution is 6.34. The van der Waals surface area contributed by atoms with Crippen molar-refractivity contribution >= 4 is 28.3 Å². The van der Waals surface area contributed by atoms with Gasteiger partial charge < -0.3 is 4.90 Å². The third-order valence-corrected chi connectivity index (χ3v) is 3.36. The molecule has 0 saturated heterocycles. The van der Waals surface area contributed by atoms with Crippen LogP contribution in [0.3, 0.4) is 0 Å². The van der Waals surface area contributed by atoms with Gasteiger partial charge in [-0.05, 0) is 5.39 Å². The van der Waals surface area contributed by atoms with Crippen molar-refractivity contribution in [1.82, 2.24) is 9.88 Å². The van der Waals surface area contributed by atoms with Crippen molar-refractivity contribution in [2.45, 2.75) is 12.6 Å². The first-order valence-electron chi connectivity index (χ1n) is 6.15. The molecule has 0 aliphatic heterocycles. The Labute approximate surface area is 124 Å². The molecule has 2 rings (SSSR count). The fourth-order valence-electron chi connectivity index (χ4n) is 1.93. The average molecular weight is 317 g/mol. The van der Waals surface area contributed by atoms with Gasteiger partial charge in [0, 0.05) is 25.2 Å². The molecule has 112 valence electrons. The van der Waals surface area contributed by atoms with Gasteiger partial charge in [-0.1, -0.05) is 35.9 Å². The van der Waals surface area contributed by atoms with Crippen LogP contribution in [0.5, 0.6) is 0 Å². The van der Waals surface area contributed by atoms with Crippen LogP contribution in [0.4, 0.5) is 13.2 Å². The van der Waals surface area contributed by atoms with Gasteiger partial charge in [0.1, 0.15) is 5.15 Å². The summed E-state index contributed by atoms with van der Waals surface area (Å²) >= 11 is 5.95. The summed E-state index contributed by atoms with van der Waals surface area (Å²) in [6.07, 6.45) is -4.06. The van der Waals surface area contributed by atoms with Gasteiger partial charge in [0.2, 0.25) is 0 Å². The number of carbonyl (C=O) groups is 1. The fourth-order valence-corrected chi connectivity index (χ4v) is 2.14. The van der Waals surface area contributed by atoms with Gasteiger partial charge >= 0.3 is 6.18 Å². The number of carbonyl (C=O) groups excluding carboxylic acids is 1. The summed E-state index contributed by atoms with van der Waals surface area (Å²) in [4.78, 5) is 17.2. The van der Waals surface area contributed by atoms with Crippen molar-refractivity contribution in [3.8, 4) is 0 Å². The van der Waals surface area contributed by atoms with Crippen LogP contribution in [0.1, 0.15) is 16.8 Å². The summed E-state index contributed by atoms with van der Waals surface area (Å²) in [6.45, 7) is -0.403. The molecule has 0 aliphatic rings. The fraction of sp³-hybridized carbons (Fsp3) is 0.286. The molecule has 21 heavy (non-hydrogen) atoms. The van der Waals surface area contributed by atoms with Crippen LogP contribution in [0.15, 0.2) is 30.5 Å². The predicted molar refractivity (Wildman–Crippen MR) is 74.4 cm³/mol. The lowest BCUT2D eigenvalue weighted by molar-refractivity contribution is -0.136. The van der Waals surface area contributed by atoms with Crippen LogP contribution in [0.2, 0.25) is 5.15 Å². The normalized spacial score (nSPS) is 11.7. The summed E-state index contributed by atoms with van der Waals surface area (Å²) in [5.41, 5.74) is 0.236. The monoisotopic (exact) mass is 316 g/mol. The Bertz CT molecular complexity index is 673. The molecule has 1 aromatic carbocycles. The first kappa shape index (κ1) is 15.6. The van der Waals surface area contributed by atoms with Crippen molar-refractivity contribution in [3.63, 3.8) is 0 Å². The zero-order valence-corrected chi connectivity index (χ0v) is 11.9. The number of amides is 1. The van der Waals surface area contributed by atoms with E-state index in [9.17, 15) is 18.0 Å². The van der Waals surface area contributed by atoms with Crippen molar-refractivity contribution in [2.24, 2.45) is 0 Å². The number of benzene rings is 1. The minimum Gasteiger partial charge on any atom is -0.341 e. The minimum absolute atomic E-state index is 0.236. The van der Waals surface area contributed by atoms with E-state index in [4.69, 9.17) is 11.6 Å². The van der Waals surface area contributed by atoms with E-state index in [1.54, 1.807) is 24.3 Å². The molecule has 1 heterocycles. The van der Waals surface area contributed by atoms with E-state index >= 15 is 0 Å². The summed E-state index contributed by atoms with van der Waals surface area (Å²) < 4.78 is 36.7. The Morgan fingerprint density at radius 3 is 2.52 bits per heavy atom. The lowest BCUT2D eigenvalue weighted by atomic mass is 10.1. The second kappa shape index (κ2) is 5.89. The van der Waals surface area contributed by atoms with Gasteiger partial charge in [-0.15, -0.1) is 0 Å². The number of nitrogens with zero attached hydrogens (tertiary/aromatic N) is 2.